The number of benzene rings is 1. The molecule has 2 bridgehead atoms. The van der Waals surface area contributed by atoms with E-state index in [0.29, 0.717) is 30.0 Å². The third-order valence-corrected chi connectivity index (χ3v) is 7.67. The molecule has 4 rings (SSSR count). The molecule has 3 heterocycles. The number of carboxylic acids is 1. The third kappa shape index (κ3) is 3.38. The number of likely N-dealkylation sites (tertiary alicyclic amines) is 1. The van der Waals surface area contributed by atoms with Crippen molar-refractivity contribution in [3.8, 4) is 0 Å². The number of nitrogens with zero attached hydrogens (tertiary/aromatic N) is 2. The van der Waals surface area contributed by atoms with Crippen molar-refractivity contribution in [2.45, 2.75) is 56.9 Å². The highest BCUT2D eigenvalue weighted by Gasteiger charge is 2.75. The molecule has 9 heteroatoms. The molecule has 3 fully saturated rings. The van der Waals surface area contributed by atoms with E-state index in [-0.39, 0.29) is 13.2 Å². The van der Waals surface area contributed by atoms with Gasteiger partial charge in [-0.2, -0.15) is 0 Å². The van der Waals surface area contributed by atoms with Crippen LogP contribution in [-0.4, -0.2) is 69.8 Å². The Morgan fingerprint density at radius 2 is 2.18 bits per heavy atom. The molecular formula is C24H29ClN2O6. The van der Waals surface area contributed by atoms with Crippen LogP contribution in [0.2, 0.25) is 5.02 Å². The Balaban J connectivity index is 1.86. The van der Waals surface area contributed by atoms with Crippen molar-refractivity contribution in [1.29, 1.82) is 0 Å². The predicted octanol–water partition coefficient (Wildman–Crippen LogP) is 2.40. The maximum absolute atomic E-state index is 14.3. The van der Waals surface area contributed by atoms with Gasteiger partial charge >= 0.3 is 5.97 Å². The topological polar surface area (TPSA) is 107 Å². The number of aryl methyl sites for hydroxylation is 1. The summed E-state index contributed by atoms with van der Waals surface area (Å²) >= 11 is 6.49. The lowest BCUT2D eigenvalue weighted by Gasteiger charge is -2.39. The first kappa shape index (κ1) is 23.7. The van der Waals surface area contributed by atoms with E-state index in [4.69, 9.17) is 16.3 Å². The monoisotopic (exact) mass is 476 g/mol. The number of halogens is 1. The van der Waals surface area contributed by atoms with Gasteiger partial charge < -0.3 is 24.7 Å². The Labute approximate surface area is 197 Å². The molecule has 178 valence electrons. The molecule has 2 N–H and O–H groups in total. The number of aliphatic hydroxyl groups excluding tert-OH is 1. The number of rotatable bonds is 8. The second-order valence-electron chi connectivity index (χ2n) is 9.03. The van der Waals surface area contributed by atoms with Crippen molar-refractivity contribution in [3.05, 3.63) is 41.4 Å². The van der Waals surface area contributed by atoms with Gasteiger partial charge in [0.15, 0.2) is 0 Å². The van der Waals surface area contributed by atoms with Crippen LogP contribution >= 0.6 is 11.6 Å². The first-order valence-electron chi connectivity index (χ1n) is 11.2. The fourth-order valence-electron chi connectivity index (χ4n) is 5.99. The molecular weight excluding hydrogens is 448 g/mol. The van der Waals surface area contributed by atoms with Gasteiger partial charge in [-0.3, -0.25) is 14.4 Å². The second kappa shape index (κ2) is 8.74. The van der Waals surface area contributed by atoms with Crippen molar-refractivity contribution < 1.29 is 29.3 Å². The van der Waals surface area contributed by atoms with Crippen molar-refractivity contribution in [3.63, 3.8) is 0 Å². The second-order valence-corrected chi connectivity index (χ2v) is 9.43. The van der Waals surface area contributed by atoms with E-state index in [1.54, 1.807) is 18.2 Å². The predicted molar refractivity (Wildman–Crippen MR) is 122 cm³/mol. The minimum Gasteiger partial charge on any atom is -0.481 e. The highest BCUT2D eigenvalue weighted by Crippen LogP contribution is 2.59. The molecule has 3 aliphatic heterocycles. The molecule has 0 saturated carbocycles. The van der Waals surface area contributed by atoms with Gasteiger partial charge in [0.2, 0.25) is 5.91 Å². The number of hydrogen-bond acceptors (Lipinski definition) is 5. The van der Waals surface area contributed by atoms with Crippen molar-refractivity contribution >= 4 is 35.1 Å². The maximum Gasteiger partial charge on any atom is 0.310 e. The zero-order chi connectivity index (χ0) is 24.1. The van der Waals surface area contributed by atoms with Crippen LogP contribution in [0.4, 0.5) is 5.69 Å². The number of amides is 2. The lowest BCUT2D eigenvalue weighted by Crippen LogP contribution is -2.59. The van der Waals surface area contributed by atoms with Crippen LogP contribution in [-0.2, 0) is 19.1 Å². The summed E-state index contributed by atoms with van der Waals surface area (Å²) in [6.07, 6.45) is 2.23. The van der Waals surface area contributed by atoms with Crippen LogP contribution in [0, 0.1) is 18.8 Å². The number of anilines is 1. The Morgan fingerprint density at radius 3 is 2.76 bits per heavy atom. The fraction of sp³-hybridized carbons (Fsp3) is 0.542. The molecule has 1 aromatic rings. The molecule has 2 amide bonds. The quantitative estimate of drug-likeness (QED) is 0.558. The molecule has 0 radical (unpaired) electrons. The average Bonchev–Trinajstić information content (AvgIpc) is 3.41. The summed E-state index contributed by atoms with van der Waals surface area (Å²) in [6, 6.07) is 3.60. The number of aliphatic carboxylic acids is 1. The Bertz CT molecular complexity index is 975. The first-order valence-corrected chi connectivity index (χ1v) is 11.6. The highest BCUT2D eigenvalue weighted by molar-refractivity contribution is 6.34. The lowest BCUT2D eigenvalue weighted by atomic mass is 9.70. The maximum atomic E-state index is 14.3. The van der Waals surface area contributed by atoms with Gasteiger partial charge in [0.05, 0.1) is 41.3 Å². The summed E-state index contributed by atoms with van der Waals surface area (Å²) in [5.41, 5.74) is 0.0339. The molecule has 0 aromatic heterocycles. The number of para-hydroxylation sites is 1. The van der Waals surface area contributed by atoms with Gasteiger partial charge in [0.1, 0.15) is 11.6 Å². The number of hydrogen-bond donors (Lipinski definition) is 2. The smallest absolute Gasteiger partial charge is 0.310 e. The van der Waals surface area contributed by atoms with E-state index in [9.17, 15) is 24.6 Å². The van der Waals surface area contributed by atoms with Crippen molar-refractivity contribution in [2.75, 3.05) is 18.1 Å². The fourth-order valence-corrected chi connectivity index (χ4v) is 6.32. The van der Waals surface area contributed by atoms with E-state index in [1.165, 1.54) is 9.80 Å². The highest BCUT2D eigenvalue weighted by atomic mass is 35.5. The van der Waals surface area contributed by atoms with Crippen LogP contribution < -0.4 is 4.90 Å². The van der Waals surface area contributed by atoms with Crippen LogP contribution in [0.3, 0.4) is 0 Å². The zero-order valence-electron chi connectivity index (χ0n) is 18.7. The largest absolute Gasteiger partial charge is 0.481 e. The van der Waals surface area contributed by atoms with Crippen molar-refractivity contribution in [2.24, 2.45) is 11.8 Å². The summed E-state index contributed by atoms with van der Waals surface area (Å²) in [5.74, 6) is -3.95. The minimum atomic E-state index is -1.25. The number of carboxylic acid groups (broad SMARTS) is 1. The standard InChI is InChI=1S/C24H29ClN2O6/c1-4-11-26(19-13(3)7-6-8-15(19)25)22(30)20-24-10-9-16(33-24)17(23(31)32)18(24)21(29)27(20)14(5-2)12-28/h4,6-8,14,16-18,20,28H,1,5,9-12H2,2-3H3,(H,31,32)/t14-,16-,17+,18-,20?,24?/m0/s1. The van der Waals surface area contributed by atoms with Gasteiger partial charge in [0.25, 0.3) is 5.91 Å². The number of ether oxygens (including phenoxy) is 1. The van der Waals surface area contributed by atoms with Gasteiger partial charge in [-0.15, -0.1) is 6.58 Å². The molecule has 8 nitrogen and oxygen atoms in total. The Morgan fingerprint density at radius 1 is 1.45 bits per heavy atom. The van der Waals surface area contributed by atoms with E-state index in [1.807, 2.05) is 19.9 Å². The number of fused-ring (bicyclic) bond motifs is 1. The van der Waals surface area contributed by atoms with Gasteiger partial charge in [0, 0.05) is 6.54 Å². The molecule has 0 aliphatic carbocycles. The number of aliphatic hydroxyl groups is 1. The SMILES string of the molecule is C=CCN(C(=O)C1N([C@@H](CC)CO)C(=O)[C@@H]2[C@H](C(=O)O)[C@@H]3CCC12O3)c1c(C)cccc1Cl. The van der Waals surface area contributed by atoms with Crippen molar-refractivity contribution in [1.82, 2.24) is 4.90 Å². The summed E-state index contributed by atoms with van der Waals surface area (Å²) in [5, 5.41) is 20.3. The van der Waals surface area contributed by atoms with Crippen LogP contribution in [0.5, 0.6) is 0 Å². The van der Waals surface area contributed by atoms with Gasteiger partial charge in [-0.1, -0.05) is 36.7 Å². The molecule has 2 unspecified atom stereocenters. The van der Waals surface area contributed by atoms with E-state index >= 15 is 0 Å². The lowest BCUT2D eigenvalue weighted by molar-refractivity contribution is -0.151. The Hall–Kier alpha value is -2.42. The van der Waals surface area contributed by atoms with E-state index in [2.05, 4.69) is 6.58 Å². The minimum absolute atomic E-state index is 0.143. The number of carbonyl (C=O) groups excluding carboxylic acids is 2. The molecule has 3 aliphatic rings. The van der Waals surface area contributed by atoms with Gasteiger partial charge in [-0.05, 0) is 37.8 Å². The van der Waals surface area contributed by atoms with E-state index < -0.39 is 53.4 Å². The van der Waals surface area contributed by atoms with E-state index in [0.717, 1.165) is 5.56 Å². The molecule has 1 aromatic carbocycles. The van der Waals surface area contributed by atoms with Gasteiger partial charge in [-0.25, -0.2) is 0 Å². The summed E-state index contributed by atoms with van der Waals surface area (Å²) in [4.78, 5) is 42.9. The molecule has 3 saturated heterocycles. The molecule has 6 atom stereocenters. The average molecular weight is 477 g/mol. The number of carbonyl (C=O) groups is 3. The van der Waals surface area contributed by atoms with Crippen LogP contribution in [0.15, 0.2) is 30.9 Å². The summed E-state index contributed by atoms with van der Waals surface area (Å²) in [7, 11) is 0. The van der Waals surface area contributed by atoms with Crippen LogP contribution in [0.1, 0.15) is 31.7 Å². The first-order chi connectivity index (χ1) is 15.7. The van der Waals surface area contributed by atoms with Crippen LogP contribution in [0.25, 0.3) is 0 Å². The molecule has 33 heavy (non-hydrogen) atoms. The summed E-state index contributed by atoms with van der Waals surface area (Å²) < 4.78 is 6.22. The zero-order valence-corrected chi connectivity index (χ0v) is 19.5. The normalized spacial score (nSPS) is 30.9. The Kier molecular flexibility index (Phi) is 6.28. The third-order valence-electron chi connectivity index (χ3n) is 7.37. The molecule has 1 spiro atoms. The summed E-state index contributed by atoms with van der Waals surface area (Å²) in [6.45, 7) is 7.23.